The number of rotatable bonds is 2. The quantitative estimate of drug-likeness (QED) is 0.916. The van der Waals surface area contributed by atoms with Gasteiger partial charge in [0.2, 0.25) is 0 Å². The second kappa shape index (κ2) is 5.76. The molecule has 25 heavy (non-hydrogen) atoms. The normalized spacial score (nSPS) is 26.8. The number of piperazine rings is 1. The first-order valence-electron chi connectivity index (χ1n) is 9.10. The van der Waals surface area contributed by atoms with Crippen molar-refractivity contribution in [3.63, 3.8) is 0 Å². The van der Waals surface area contributed by atoms with Gasteiger partial charge in [0.15, 0.2) is 0 Å². The Morgan fingerprint density at radius 3 is 2.64 bits per heavy atom. The fourth-order valence-electron chi connectivity index (χ4n) is 4.46. The Morgan fingerprint density at radius 2 is 1.84 bits per heavy atom. The van der Waals surface area contributed by atoms with Gasteiger partial charge in [-0.05, 0) is 35.6 Å². The SMILES string of the molecule is O=C(N[C@@H]1[C@@H]2Cc3ccccc3[C@H]21)N1CCN(c2ccccn2)CC1. The van der Waals surface area contributed by atoms with Crippen molar-refractivity contribution in [1.29, 1.82) is 0 Å². The van der Waals surface area contributed by atoms with E-state index in [9.17, 15) is 4.79 Å². The zero-order valence-corrected chi connectivity index (χ0v) is 14.1. The molecule has 0 unspecified atom stereocenters. The van der Waals surface area contributed by atoms with Crippen LogP contribution in [-0.2, 0) is 6.42 Å². The Labute approximate surface area is 147 Å². The number of hydrogen-bond acceptors (Lipinski definition) is 3. The average Bonchev–Trinajstić information content (AvgIpc) is 3.18. The number of anilines is 1. The summed E-state index contributed by atoms with van der Waals surface area (Å²) in [5.41, 5.74) is 2.91. The molecule has 5 heteroatoms. The van der Waals surface area contributed by atoms with Crippen LogP contribution in [0.4, 0.5) is 10.6 Å². The first-order valence-corrected chi connectivity index (χ1v) is 9.10. The van der Waals surface area contributed by atoms with E-state index in [1.54, 1.807) is 0 Å². The Morgan fingerprint density at radius 1 is 1.04 bits per heavy atom. The number of aromatic nitrogens is 1. The van der Waals surface area contributed by atoms with Crippen molar-refractivity contribution in [2.24, 2.45) is 5.92 Å². The summed E-state index contributed by atoms with van der Waals surface area (Å²) in [7, 11) is 0. The van der Waals surface area contributed by atoms with E-state index in [-0.39, 0.29) is 6.03 Å². The second-order valence-corrected chi connectivity index (χ2v) is 7.23. The van der Waals surface area contributed by atoms with E-state index in [0.717, 1.165) is 38.4 Å². The van der Waals surface area contributed by atoms with Gasteiger partial charge >= 0.3 is 6.03 Å². The van der Waals surface area contributed by atoms with Crippen LogP contribution < -0.4 is 10.2 Å². The highest BCUT2D eigenvalue weighted by Crippen LogP contribution is 2.56. The molecule has 5 nitrogen and oxygen atoms in total. The molecule has 1 N–H and O–H groups in total. The van der Waals surface area contributed by atoms with Crippen LogP contribution in [0.3, 0.4) is 0 Å². The van der Waals surface area contributed by atoms with Crippen LogP contribution >= 0.6 is 0 Å². The number of nitrogens with one attached hydrogen (secondary N) is 1. The van der Waals surface area contributed by atoms with Crippen LogP contribution in [0.1, 0.15) is 17.0 Å². The van der Waals surface area contributed by atoms with Crippen molar-refractivity contribution in [2.75, 3.05) is 31.1 Å². The van der Waals surface area contributed by atoms with Gasteiger partial charge in [-0.3, -0.25) is 0 Å². The van der Waals surface area contributed by atoms with Gasteiger partial charge < -0.3 is 15.1 Å². The fraction of sp³-hybridized carbons (Fsp3) is 0.400. The highest BCUT2D eigenvalue weighted by atomic mass is 16.2. The van der Waals surface area contributed by atoms with E-state index in [1.807, 2.05) is 29.3 Å². The van der Waals surface area contributed by atoms with Crippen LogP contribution in [0.25, 0.3) is 0 Å². The summed E-state index contributed by atoms with van der Waals surface area (Å²) >= 11 is 0. The molecule has 1 aliphatic heterocycles. The molecule has 0 spiro atoms. The number of carbonyl (C=O) groups is 1. The van der Waals surface area contributed by atoms with Gasteiger partial charge in [0, 0.05) is 44.3 Å². The summed E-state index contributed by atoms with van der Waals surface area (Å²) in [5, 5.41) is 3.27. The van der Waals surface area contributed by atoms with Crippen molar-refractivity contribution in [1.82, 2.24) is 15.2 Å². The molecule has 5 rings (SSSR count). The molecule has 0 bridgehead atoms. The predicted octanol–water partition coefficient (Wildman–Crippen LogP) is 2.25. The first-order chi connectivity index (χ1) is 12.3. The molecule has 3 atom stereocenters. The van der Waals surface area contributed by atoms with Gasteiger partial charge in [0.1, 0.15) is 5.82 Å². The fourth-order valence-corrected chi connectivity index (χ4v) is 4.46. The summed E-state index contributed by atoms with van der Waals surface area (Å²) in [6.07, 6.45) is 2.93. The molecular formula is C20H22N4O. The van der Waals surface area contributed by atoms with E-state index >= 15 is 0 Å². The minimum Gasteiger partial charge on any atom is -0.353 e. The largest absolute Gasteiger partial charge is 0.353 e. The van der Waals surface area contributed by atoms with Crippen LogP contribution in [0.15, 0.2) is 48.7 Å². The maximum Gasteiger partial charge on any atom is 0.317 e. The summed E-state index contributed by atoms with van der Waals surface area (Å²) < 4.78 is 0. The molecule has 2 aromatic rings. The lowest BCUT2D eigenvalue weighted by Gasteiger charge is -2.35. The molecule has 0 radical (unpaired) electrons. The molecule has 2 amide bonds. The number of carbonyl (C=O) groups excluding carboxylic acids is 1. The van der Waals surface area contributed by atoms with E-state index in [1.165, 1.54) is 11.1 Å². The van der Waals surface area contributed by atoms with Crippen LogP contribution in [0.2, 0.25) is 0 Å². The number of hydrogen-bond donors (Lipinski definition) is 1. The molecule has 1 aromatic carbocycles. The Hall–Kier alpha value is -2.56. The summed E-state index contributed by atoms with van der Waals surface area (Å²) in [6, 6.07) is 15.0. The summed E-state index contributed by atoms with van der Waals surface area (Å²) in [6.45, 7) is 3.18. The zero-order valence-electron chi connectivity index (χ0n) is 14.1. The topological polar surface area (TPSA) is 48.5 Å². The number of nitrogens with zero attached hydrogens (tertiary/aromatic N) is 3. The van der Waals surface area contributed by atoms with E-state index < -0.39 is 0 Å². The third-order valence-electron chi connectivity index (χ3n) is 5.87. The monoisotopic (exact) mass is 334 g/mol. The Balaban J connectivity index is 1.17. The van der Waals surface area contributed by atoms with Crippen LogP contribution in [-0.4, -0.2) is 48.1 Å². The minimum atomic E-state index is 0.0950. The summed E-state index contributed by atoms with van der Waals surface area (Å²) in [4.78, 5) is 21.2. The number of amides is 2. The Kier molecular flexibility index (Phi) is 3.40. The molecular weight excluding hydrogens is 312 g/mol. The number of fused-ring (bicyclic) bond motifs is 3. The van der Waals surface area contributed by atoms with Gasteiger partial charge in [-0.15, -0.1) is 0 Å². The van der Waals surface area contributed by atoms with Gasteiger partial charge in [-0.2, -0.15) is 0 Å². The molecule has 1 saturated carbocycles. The number of benzene rings is 1. The predicted molar refractivity (Wildman–Crippen MR) is 96.7 cm³/mol. The minimum absolute atomic E-state index is 0.0950. The van der Waals surface area contributed by atoms with Crippen molar-refractivity contribution < 1.29 is 4.79 Å². The van der Waals surface area contributed by atoms with Crippen LogP contribution in [0, 0.1) is 5.92 Å². The van der Waals surface area contributed by atoms with E-state index in [0.29, 0.717) is 17.9 Å². The molecule has 2 aliphatic carbocycles. The van der Waals surface area contributed by atoms with Crippen molar-refractivity contribution >= 4 is 11.8 Å². The van der Waals surface area contributed by atoms with E-state index in [2.05, 4.69) is 39.5 Å². The molecule has 1 aromatic heterocycles. The standard InChI is InChI=1S/C20H22N4O/c25-20(22-19-16-13-14-5-1-2-6-15(14)18(16)19)24-11-9-23(10-12-24)17-7-3-4-8-21-17/h1-8,16,18-19H,9-13H2,(H,22,25)/t16-,18-,19-/m1/s1. The lowest BCUT2D eigenvalue weighted by molar-refractivity contribution is 0.193. The van der Waals surface area contributed by atoms with Crippen molar-refractivity contribution in [3.05, 3.63) is 59.8 Å². The third-order valence-corrected chi connectivity index (χ3v) is 5.87. The molecule has 3 aliphatic rings. The second-order valence-electron chi connectivity index (χ2n) is 7.23. The van der Waals surface area contributed by atoms with Crippen molar-refractivity contribution in [3.8, 4) is 0 Å². The first kappa shape index (κ1) is 14.8. The molecule has 2 heterocycles. The van der Waals surface area contributed by atoms with Gasteiger partial charge in [0.25, 0.3) is 0 Å². The smallest absolute Gasteiger partial charge is 0.317 e. The number of pyridine rings is 1. The van der Waals surface area contributed by atoms with Crippen LogP contribution in [0.5, 0.6) is 0 Å². The molecule has 128 valence electrons. The maximum atomic E-state index is 12.6. The highest BCUT2D eigenvalue weighted by Gasteiger charge is 2.56. The lowest BCUT2D eigenvalue weighted by atomic mass is 10.1. The van der Waals surface area contributed by atoms with Gasteiger partial charge in [-0.25, -0.2) is 9.78 Å². The zero-order chi connectivity index (χ0) is 16.8. The van der Waals surface area contributed by atoms with Gasteiger partial charge in [0.05, 0.1) is 0 Å². The van der Waals surface area contributed by atoms with Crippen molar-refractivity contribution in [2.45, 2.75) is 18.4 Å². The Bertz CT molecular complexity index is 785. The lowest BCUT2D eigenvalue weighted by Crippen LogP contribution is -2.52. The molecule has 1 saturated heterocycles. The van der Waals surface area contributed by atoms with E-state index in [4.69, 9.17) is 0 Å². The third kappa shape index (κ3) is 2.54. The summed E-state index contributed by atoms with van der Waals surface area (Å²) in [5.74, 6) is 2.14. The average molecular weight is 334 g/mol. The molecule has 2 fully saturated rings. The maximum absolute atomic E-state index is 12.6. The van der Waals surface area contributed by atoms with Gasteiger partial charge in [-0.1, -0.05) is 30.3 Å². The highest BCUT2D eigenvalue weighted by molar-refractivity contribution is 5.76. The number of urea groups is 1.